The molecule has 8 nitrogen and oxygen atoms in total. The highest BCUT2D eigenvalue weighted by atomic mass is 35.5. The fraction of sp³-hybridized carbons (Fsp3) is 0.0800. The minimum absolute atomic E-state index is 0.0524. The lowest BCUT2D eigenvalue weighted by atomic mass is 9.92. The summed E-state index contributed by atoms with van der Waals surface area (Å²) in [4.78, 5) is 52.3. The van der Waals surface area contributed by atoms with Gasteiger partial charge in [-0.3, -0.25) is 19.4 Å². The minimum atomic E-state index is -1.37. The topological polar surface area (TPSA) is 110 Å². The number of hydrazone groups is 1. The molecule has 2 atom stereocenters. The number of hydrogen-bond acceptors (Lipinski definition) is 7. The predicted molar refractivity (Wildman–Crippen MR) is 123 cm³/mol. The zero-order valence-electron chi connectivity index (χ0n) is 17.4. The van der Waals surface area contributed by atoms with Gasteiger partial charge < -0.3 is 9.90 Å². The fourth-order valence-corrected chi connectivity index (χ4v) is 4.27. The monoisotopic (exact) mass is 472 g/mol. The largest absolute Gasteiger partial charge is 0.545 e. The average Bonchev–Trinajstić information content (AvgIpc) is 3.36. The molecule has 2 aliphatic heterocycles. The van der Waals surface area contributed by atoms with Crippen LogP contribution in [0.25, 0.3) is 0 Å². The average molecular weight is 473 g/mol. The van der Waals surface area contributed by atoms with Crippen molar-refractivity contribution >= 4 is 52.3 Å². The maximum Gasteiger partial charge on any atom is 0.259 e. The normalized spacial score (nSPS) is 19.3. The van der Waals surface area contributed by atoms with Gasteiger partial charge in [-0.15, -0.1) is 0 Å². The van der Waals surface area contributed by atoms with Gasteiger partial charge in [0.05, 0.1) is 17.3 Å². The van der Waals surface area contributed by atoms with Crippen LogP contribution >= 0.6 is 11.6 Å². The molecule has 9 heteroatoms. The molecule has 0 unspecified atom stereocenters. The molecular formula is C25H15ClN3O5-. The van der Waals surface area contributed by atoms with Crippen LogP contribution < -0.4 is 15.0 Å². The van der Waals surface area contributed by atoms with Crippen LogP contribution in [0, 0.1) is 5.92 Å². The number of anilines is 2. The summed E-state index contributed by atoms with van der Waals surface area (Å²) < 4.78 is 0. The van der Waals surface area contributed by atoms with Crippen molar-refractivity contribution in [2.45, 2.75) is 6.04 Å². The van der Waals surface area contributed by atoms with E-state index in [2.05, 4.69) is 5.10 Å². The van der Waals surface area contributed by atoms with Crippen molar-refractivity contribution in [1.29, 1.82) is 0 Å². The second-order valence-electron chi connectivity index (χ2n) is 7.77. The van der Waals surface area contributed by atoms with E-state index in [0.29, 0.717) is 10.7 Å². The third kappa shape index (κ3) is 3.45. The third-order valence-corrected chi connectivity index (χ3v) is 6.02. The van der Waals surface area contributed by atoms with E-state index in [1.807, 2.05) is 0 Å². The van der Waals surface area contributed by atoms with E-state index in [-0.39, 0.29) is 22.5 Å². The standard InChI is InChI=1S/C25H16ClN3O5/c26-16-10-6-14(7-11-16)22(30)20-19-21(29(27-20)18-4-2-1-3-5-18)24(32)28(23(19)31)17-12-8-15(9-13-17)25(33)34/h1-13,19,21H,(H,33,34)/p-1/t19-,21+/m1/s1. The number of benzene rings is 3. The van der Waals surface area contributed by atoms with Crippen molar-refractivity contribution in [3.05, 3.63) is 95.0 Å². The second kappa shape index (κ2) is 8.24. The van der Waals surface area contributed by atoms with E-state index in [1.54, 1.807) is 42.5 Å². The Morgan fingerprint density at radius 1 is 0.794 bits per heavy atom. The summed E-state index contributed by atoms with van der Waals surface area (Å²) in [6, 6.07) is 19.1. The van der Waals surface area contributed by atoms with Crippen molar-refractivity contribution < 1.29 is 24.3 Å². The highest BCUT2D eigenvalue weighted by Gasteiger charge is 2.58. The van der Waals surface area contributed by atoms with Crippen molar-refractivity contribution in [1.82, 2.24) is 0 Å². The number of halogens is 1. The van der Waals surface area contributed by atoms with E-state index in [1.165, 1.54) is 41.4 Å². The molecule has 3 aromatic carbocycles. The van der Waals surface area contributed by atoms with Crippen LogP contribution in [0.15, 0.2) is 84.0 Å². The number of carboxylic acids is 1. The molecule has 3 aromatic rings. The van der Waals surface area contributed by atoms with Gasteiger partial charge in [-0.05, 0) is 54.1 Å². The number of carbonyl (C=O) groups is 4. The summed E-state index contributed by atoms with van der Waals surface area (Å²) in [6.07, 6.45) is 0. The smallest absolute Gasteiger partial charge is 0.259 e. The Balaban J connectivity index is 1.58. The summed E-state index contributed by atoms with van der Waals surface area (Å²) in [7, 11) is 0. The molecule has 1 fully saturated rings. The van der Waals surface area contributed by atoms with Gasteiger partial charge in [0.1, 0.15) is 17.7 Å². The van der Waals surface area contributed by atoms with Crippen molar-refractivity contribution in [2.24, 2.45) is 11.0 Å². The van der Waals surface area contributed by atoms with Gasteiger partial charge in [0, 0.05) is 10.6 Å². The summed E-state index contributed by atoms with van der Waals surface area (Å²) in [6.45, 7) is 0. The first-order valence-electron chi connectivity index (χ1n) is 10.3. The number of aromatic carboxylic acids is 1. The summed E-state index contributed by atoms with van der Waals surface area (Å²) in [5, 5.41) is 17.3. The third-order valence-electron chi connectivity index (χ3n) is 5.77. The molecule has 2 aliphatic rings. The summed E-state index contributed by atoms with van der Waals surface area (Å²) >= 11 is 5.93. The lowest BCUT2D eigenvalue weighted by molar-refractivity contribution is -0.255. The lowest BCUT2D eigenvalue weighted by Crippen LogP contribution is -2.39. The Morgan fingerprint density at radius 2 is 1.41 bits per heavy atom. The van der Waals surface area contributed by atoms with Gasteiger partial charge in [0.25, 0.3) is 5.91 Å². The Hall–Kier alpha value is -4.30. The molecule has 0 aromatic heterocycles. The Bertz CT molecular complexity index is 1350. The number of fused-ring (bicyclic) bond motifs is 1. The van der Waals surface area contributed by atoms with Crippen LogP contribution in [0.1, 0.15) is 20.7 Å². The van der Waals surface area contributed by atoms with Crippen LogP contribution in [0.5, 0.6) is 0 Å². The number of carboxylic acid groups (broad SMARTS) is 1. The van der Waals surface area contributed by atoms with Gasteiger partial charge in [0.15, 0.2) is 0 Å². The fourth-order valence-electron chi connectivity index (χ4n) is 4.15. The molecule has 5 rings (SSSR count). The van der Waals surface area contributed by atoms with Gasteiger partial charge in [0.2, 0.25) is 11.7 Å². The minimum Gasteiger partial charge on any atom is -0.545 e. The number of para-hydroxylation sites is 1. The molecular weight excluding hydrogens is 458 g/mol. The van der Waals surface area contributed by atoms with E-state index >= 15 is 0 Å². The highest BCUT2D eigenvalue weighted by Crippen LogP contribution is 2.38. The predicted octanol–water partition coefficient (Wildman–Crippen LogP) is 2.32. The first-order chi connectivity index (χ1) is 16.4. The molecule has 2 heterocycles. The first-order valence-corrected chi connectivity index (χ1v) is 10.7. The first kappa shape index (κ1) is 21.5. The molecule has 0 saturated carbocycles. The maximum atomic E-state index is 13.5. The molecule has 34 heavy (non-hydrogen) atoms. The molecule has 0 radical (unpaired) electrons. The number of ketones is 1. The number of carbonyl (C=O) groups excluding carboxylic acids is 4. The van der Waals surface area contributed by atoms with Gasteiger partial charge >= 0.3 is 0 Å². The zero-order chi connectivity index (χ0) is 24.0. The number of imide groups is 1. The highest BCUT2D eigenvalue weighted by molar-refractivity contribution is 6.53. The number of nitrogens with zero attached hydrogens (tertiary/aromatic N) is 3. The Kier molecular flexibility index (Phi) is 5.22. The molecule has 0 spiro atoms. The summed E-state index contributed by atoms with van der Waals surface area (Å²) in [5.74, 6) is -4.17. The van der Waals surface area contributed by atoms with E-state index in [0.717, 1.165) is 4.90 Å². The molecule has 0 aliphatic carbocycles. The van der Waals surface area contributed by atoms with Crippen LogP contribution in [-0.2, 0) is 9.59 Å². The van der Waals surface area contributed by atoms with Crippen LogP contribution in [0.2, 0.25) is 5.02 Å². The van der Waals surface area contributed by atoms with Gasteiger partial charge in [-0.25, -0.2) is 4.90 Å². The number of hydrogen-bond donors (Lipinski definition) is 0. The molecule has 2 amide bonds. The van der Waals surface area contributed by atoms with Crippen molar-refractivity contribution in [3.8, 4) is 0 Å². The zero-order valence-corrected chi connectivity index (χ0v) is 18.2. The number of rotatable bonds is 5. The number of amides is 2. The quantitative estimate of drug-likeness (QED) is 0.416. The van der Waals surface area contributed by atoms with Gasteiger partial charge in [-0.1, -0.05) is 41.9 Å². The molecule has 0 bridgehead atoms. The Labute approximate surface area is 198 Å². The van der Waals surface area contributed by atoms with Crippen LogP contribution in [0.3, 0.4) is 0 Å². The molecule has 168 valence electrons. The second-order valence-corrected chi connectivity index (χ2v) is 8.21. The van der Waals surface area contributed by atoms with E-state index in [9.17, 15) is 24.3 Å². The van der Waals surface area contributed by atoms with E-state index in [4.69, 9.17) is 11.6 Å². The van der Waals surface area contributed by atoms with Crippen LogP contribution in [0.4, 0.5) is 11.4 Å². The lowest BCUT2D eigenvalue weighted by Gasteiger charge is -2.22. The van der Waals surface area contributed by atoms with Crippen LogP contribution in [-0.4, -0.2) is 35.3 Å². The SMILES string of the molecule is O=C([O-])c1ccc(N2C(=O)[C@@H]3C(C(=O)c4ccc(Cl)cc4)=NN(c4ccccc4)[C@@H]3C2=O)cc1. The van der Waals surface area contributed by atoms with Gasteiger partial charge in [-0.2, -0.15) is 5.10 Å². The number of Topliss-reactive ketones (excluding diaryl/α,β-unsaturated/α-hetero) is 1. The van der Waals surface area contributed by atoms with Crippen molar-refractivity contribution in [3.63, 3.8) is 0 Å². The molecule has 0 N–H and O–H groups in total. The maximum absolute atomic E-state index is 13.5. The molecule has 1 saturated heterocycles. The van der Waals surface area contributed by atoms with Crippen molar-refractivity contribution in [2.75, 3.05) is 9.91 Å². The van der Waals surface area contributed by atoms with E-state index < -0.39 is 35.5 Å². The summed E-state index contributed by atoms with van der Waals surface area (Å²) in [5.41, 5.74) is 0.888. The Morgan fingerprint density at radius 3 is 2.03 bits per heavy atom.